The molecule has 0 saturated heterocycles. The van der Waals surface area contributed by atoms with Crippen LogP contribution in [-0.4, -0.2) is 26.2 Å². The van der Waals surface area contributed by atoms with Crippen LogP contribution in [0.3, 0.4) is 0 Å². The molecule has 3 rings (SSSR count). The number of benzene rings is 3. The standard InChI is InChI=1S/C23H20O6/c1-15-5-4-6-20(28-18-11-7-16(8-12-18)22(24)26-2)21(15)29-19-13-9-17(10-14-19)23(25)27-3/h4-14H,1-3H3. The Balaban J connectivity index is 1.82. The molecule has 3 aromatic rings. The van der Waals surface area contributed by atoms with E-state index < -0.39 is 11.9 Å². The number of methoxy groups -OCH3 is 2. The highest BCUT2D eigenvalue weighted by Crippen LogP contribution is 2.37. The van der Waals surface area contributed by atoms with Gasteiger partial charge in [0, 0.05) is 0 Å². The van der Waals surface area contributed by atoms with E-state index in [9.17, 15) is 9.59 Å². The number of carbonyl (C=O) groups is 2. The molecule has 0 bridgehead atoms. The number of hydrogen-bond donors (Lipinski definition) is 0. The van der Waals surface area contributed by atoms with Crippen LogP contribution in [0, 0.1) is 6.92 Å². The van der Waals surface area contributed by atoms with Crippen molar-refractivity contribution in [3.05, 3.63) is 83.4 Å². The molecule has 0 N–H and O–H groups in total. The van der Waals surface area contributed by atoms with Gasteiger partial charge in [-0.3, -0.25) is 0 Å². The molecular formula is C23H20O6. The van der Waals surface area contributed by atoms with E-state index in [4.69, 9.17) is 18.9 Å². The van der Waals surface area contributed by atoms with E-state index in [0.717, 1.165) is 5.56 Å². The molecule has 6 nitrogen and oxygen atoms in total. The molecular weight excluding hydrogens is 372 g/mol. The highest BCUT2D eigenvalue weighted by Gasteiger charge is 2.13. The third-order valence-corrected chi connectivity index (χ3v) is 4.17. The Labute approximate surface area is 168 Å². The fourth-order valence-electron chi connectivity index (χ4n) is 2.64. The zero-order chi connectivity index (χ0) is 20.8. The smallest absolute Gasteiger partial charge is 0.337 e. The largest absolute Gasteiger partial charge is 0.465 e. The Morgan fingerprint density at radius 1 is 0.655 bits per heavy atom. The van der Waals surface area contributed by atoms with Gasteiger partial charge in [0.05, 0.1) is 25.3 Å². The molecule has 0 aliphatic rings. The van der Waals surface area contributed by atoms with Gasteiger partial charge in [-0.15, -0.1) is 0 Å². The monoisotopic (exact) mass is 392 g/mol. The summed E-state index contributed by atoms with van der Waals surface area (Å²) in [6, 6.07) is 18.8. The number of ether oxygens (including phenoxy) is 4. The van der Waals surface area contributed by atoms with E-state index in [1.54, 1.807) is 54.6 Å². The van der Waals surface area contributed by atoms with Gasteiger partial charge in [-0.2, -0.15) is 0 Å². The third kappa shape index (κ3) is 4.73. The molecule has 0 atom stereocenters. The van der Waals surface area contributed by atoms with Gasteiger partial charge >= 0.3 is 11.9 Å². The lowest BCUT2D eigenvalue weighted by Crippen LogP contribution is -2.01. The molecule has 0 amide bonds. The maximum Gasteiger partial charge on any atom is 0.337 e. The number of esters is 2. The lowest BCUT2D eigenvalue weighted by Gasteiger charge is -2.15. The fourth-order valence-corrected chi connectivity index (χ4v) is 2.64. The van der Waals surface area contributed by atoms with Crippen LogP contribution < -0.4 is 9.47 Å². The second-order valence-corrected chi connectivity index (χ2v) is 6.14. The summed E-state index contributed by atoms with van der Waals surface area (Å²) < 4.78 is 21.4. The molecule has 0 fully saturated rings. The molecule has 148 valence electrons. The van der Waals surface area contributed by atoms with Crippen LogP contribution in [0.2, 0.25) is 0 Å². The summed E-state index contributed by atoms with van der Waals surface area (Å²) in [6.45, 7) is 1.91. The zero-order valence-corrected chi connectivity index (χ0v) is 16.3. The average molecular weight is 392 g/mol. The minimum atomic E-state index is -0.411. The van der Waals surface area contributed by atoms with Crippen molar-refractivity contribution in [1.29, 1.82) is 0 Å². The topological polar surface area (TPSA) is 71.1 Å². The summed E-state index contributed by atoms with van der Waals surface area (Å²) >= 11 is 0. The van der Waals surface area contributed by atoms with Gasteiger partial charge in [0.2, 0.25) is 0 Å². The summed E-state index contributed by atoms with van der Waals surface area (Å²) in [4.78, 5) is 23.1. The van der Waals surface area contributed by atoms with E-state index in [1.165, 1.54) is 14.2 Å². The first kappa shape index (κ1) is 19.9. The normalized spacial score (nSPS) is 10.2. The molecule has 3 aromatic carbocycles. The molecule has 0 unspecified atom stereocenters. The minimum Gasteiger partial charge on any atom is -0.465 e. The summed E-state index contributed by atoms with van der Waals surface area (Å²) in [5, 5.41) is 0. The summed E-state index contributed by atoms with van der Waals surface area (Å²) in [5.74, 6) is 1.36. The lowest BCUT2D eigenvalue weighted by atomic mass is 10.2. The Hall–Kier alpha value is -3.80. The van der Waals surface area contributed by atoms with Crippen LogP contribution in [0.5, 0.6) is 23.0 Å². The highest BCUT2D eigenvalue weighted by atomic mass is 16.5. The number of rotatable bonds is 6. The Kier molecular flexibility index (Phi) is 6.14. The maximum atomic E-state index is 11.6. The van der Waals surface area contributed by atoms with E-state index in [1.807, 2.05) is 19.1 Å². The molecule has 0 aliphatic heterocycles. The van der Waals surface area contributed by atoms with E-state index in [-0.39, 0.29) is 0 Å². The van der Waals surface area contributed by atoms with Crippen LogP contribution in [0.25, 0.3) is 0 Å². The van der Waals surface area contributed by atoms with Crippen LogP contribution in [0.4, 0.5) is 0 Å². The summed E-state index contributed by atoms with van der Waals surface area (Å²) in [7, 11) is 2.67. The number of hydrogen-bond acceptors (Lipinski definition) is 6. The van der Waals surface area contributed by atoms with Gasteiger partial charge in [-0.05, 0) is 67.1 Å². The number of aryl methyl sites for hydroxylation is 1. The van der Waals surface area contributed by atoms with Gasteiger partial charge < -0.3 is 18.9 Å². The van der Waals surface area contributed by atoms with Crippen LogP contribution in [-0.2, 0) is 9.47 Å². The Morgan fingerprint density at radius 3 is 1.62 bits per heavy atom. The fraction of sp³-hybridized carbons (Fsp3) is 0.130. The highest BCUT2D eigenvalue weighted by molar-refractivity contribution is 5.89. The SMILES string of the molecule is COC(=O)c1ccc(Oc2cccc(C)c2Oc2ccc(C(=O)OC)cc2)cc1. The molecule has 0 spiro atoms. The van der Waals surface area contributed by atoms with E-state index in [0.29, 0.717) is 34.1 Å². The van der Waals surface area contributed by atoms with Crippen LogP contribution in [0.15, 0.2) is 66.7 Å². The van der Waals surface area contributed by atoms with Gasteiger partial charge in [0.15, 0.2) is 11.5 Å². The van der Waals surface area contributed by atoms with E-state index >= 15 is 0 Å². The lowest BCUT2D eigenvalue weighted by molar-refractivity contribution is 0.0592. The van der Waals surface area contributed by atoms with Crippen molar-refractivity contribution in [3.63, 3.8) is 0 Å². The van der Waals surface area contributed by atoms with Gasteiger partial charge in [0.1, 0.15) is 11.5 Å². The molecule has 0 aliphatic carbocycles. The first-order chi connectivity index (χ1) is 14.0. The Morgan fingerprint density at radius 2 is 1.14 bits per heavy atom. The number of carbonyl (C=O) groups excluding carboxylic acids is 2. The second-order valence-electron chi connectivity index (χ2n) is 6.14. The predicted molar refractivity (Wildman–Crippen MR) is 107 cm³/mol. The van der Waals surface area contributed by atoms with Crippen molar-refractivity contribution in [2.24, 2.45) is 0 Å². The minimum absolute atomic E-state index is 0.410. The zero-order valence-electron chi connectivity index (χ0n) is 16.3. The predicted octanol–water partition coefficient (Wildman–Crippen LogP) is 5.15. The van der Waals surface area contributed by atoms with Crippen molar-refractivity contribution in [3.8, 4) is 23.0 Å². The second kappa shape index (κ2) is 8.93. The van der Waals surface area contributed by atoms with Crippen molar-refractivity contribution < 1.29 is 28.5 Å². The molecule has 0 saturated carbocycles. The third-order valence-electron chi connectivity index (χ3n) is 4.17. The average Bonchev–Trinajstić information content (AvgIpc) is 2.76. The molecule has 0 aromatic heterocycles. The van der Waals surface area contributed by atoms with Crippen molar-refractivity contribution in [2.75, 3.05) is 14.2 Å². The molecule has 29 heavy (non-hydrogen) atoms. The van der Waals surface area contributed by atoms with Crippen molar-refractivity contribution in [2.45, 2.75) is 6.92 Å². The number of para-hydroxylation sites is 1. The van der Waals surface area contributed by atoms with Gasteiger partial charge in [0.25, 0.3) is 0 Å². The molecule has 6 heteroatoms. The van der Waals surface area contributed by atoms with E-state index in [2.05, 4.69) is 0 Å². The Bertz CT molecular complexity index is 1010. The summed E-state index contributed by atoms with van der Waals surface area (Å²) in [5.41, 5.74) is 1.75. The summed E-state index contributed by atoms with van der Waals surface area (Å²) in [6.07, 6.45) is 0. The van der Waals surface area contributed by atoms with Crippen molar-refractivity contribution in [1.82, 2.24) is 0 Å². The first-order valence-electron chi connectivity index (χ1n) is 8.84. The quantitative estimate of drug-likeness (QED) is 0.540. The maximum absolute atomic E-state index is 11.6. The van der Waals surface area contributed by atoms with Gasteiger partial charge in [-0.1, -0.05) is 12.1 Å². The molecule has 0 radical (unpaired) electrons. The van der Waals surface area contributed by atoms with Crippen LogP contribution >= 0.6 is 0 Å². The molecule has 0 heterocycles. The van der Waals surface area contributed by atoms with Gasteiger partial charge in [-0.25, -0.2) is 9.59 Å². The first-order valence-corrected chi connectivity index (χ1v) is 8.84. The van der Waals surface area contributed by atoms with Crippen molar-refractivity contribution >= 4 is 11.9 Å². The van der Waals surface area contributed by atoms with Crippen LogP contribution in [0.1, 0.15) is 26.3 Å².